The van der Waals surface area contributed by atoms with Gasteiger partial charge in [0.2, 0.25) is 0 Å². The summed E-state index contributed by atoms with van der Waals surface area (Å²) in [5, 5.41) is 9.79. The van der Waals surface area contributed by atoms with Crippen molar-refractivity contribution in [2.75, 3.05) is 6.54 Å². The summed E-state index contributed by atoms with van der Waals surface area (Å²) < 4.78 is 26.4. The smallest absolute Gasteiger partial charge is 0.326 e. The molecule has 1 unspecified atom stereocenters. The molecule has 1 aliphatic heterocycles. The van der Waals surface area contributed by atoms with E-state index in [0.29, 0.717) is 0 Å². The Kier molecular flexibility index (Phi) is 4.19. The lowest BCUT2D eigenvalue weighted by atomic mass is 10.1. The number of amides is 1. The number of carbonyl (C=O) groups is 1. The second kappa shape index (κ2) is 5.74. The van der Waals surface area contributed by atoms with Crippen molar-refractivity contribution in [3.63, 3.8) is 0 Å². The Labute approximate surface area is 123 Å². The summed E-state index contributed by atoms with van der Waals surface area (Å²) in [6, 6.07) is 1.87. The highest BCUT2D eigenvalue weighted by molar-refractivity contribution is 7.88. The summed E-state index contributed by atoms with van der Waals surface area (Å²) in [7, 11) is -3.91. The molecule has 0 spiro atoms. The van der Waals surface area contributed by atoms with Crippen LogP contribution in [0.4, 0.5) is 0 Å². The molecule has 0 aliphatic carbocycles. The Morgan fingerprint density at radius 3 is 2.67 bits per heavy atom. The number of allylic oxidation sites excluding steroid dienone is 3. The van der Waals surface area contributed by atoms with Crippen molar-refractivity contribution >= 4 is 21.7 Å². The maximum absolute atomic E-state index is 11.8. The first kappa shape index (κ1) is 15.3. The van der Waals surface area contributed by atoms with Crippen LogP contribution in [0.15, 0.2) is 36.3 Å². The minimum Gasteiger partial charge on any atom is -0.387 e. The van der Waals surface area contributed by atoms with Gasteiger partial charge in [0.1, 0.15) is 6.54 Å². The van der Waals surface area contributed by atoms with Crippen LogP contribution in [0, 0.1) is 0 Å². The van der Waals surface area contributed by atoms with Crippen LogP contribution in [-0.4, -0.2) is 41.4 Å². The summed E-state index contributed by atoms with van der Waals surface area (Å²) in [5.74, 6) is -0.618. The predicted molar refractivity (Wildman–Crippen MR) is 78.0 cm³/mol. The van der Waals surface area contributed by atoms with Gasteiger partial charge in [-0.1, -0.05) is 6.08 Å². The first-order chi connectivity index (χ1) is 9.81. The number of hydrogen-bond donors (Lipinski definition) is 3. The monoisotopic (exact) mass is 311 g/mol. The number of aromatic amines is 1. The van der Waals surface area contributed by atoms with Crippen molar-refractivity contribution in [1.29, 1.82) is 0 Å². The Bertz CT molecular complexity index is 687. The molecule has 3 N–H and O–H groups in total. The van der Waals surface area contributed by atoms with Crippen molar-refractivity contribution in [2.24, 2.45) is 0 Å². The number of hydrogen-bond acceptors (Lipinski definition) is 4. The number of nitrogens with one attached hydrogen (secondary N) is 2. The van der Waals surface area contributed by atoms with E-state index in [4.69, 9.17) is 0 Å². The van der Waals surface area contributed by atoms with Gasteiger partial charge in [0.15, 0.2) is 0 Å². The van der Waals surface area contributed by atoms with E-state index < -0.39 is 22.2 Å². The number of carbonyl (C=O) groups excluding carboxylic acids is 1. The fraction of sp³-hybridized carbons (Fsp3) is 0.308. The Hall–Kier alpha value is -2.06. The van der Waals surface area contributed by atoms with Crippen molar-refractivity contribution in [3.8, 4) is 0 Å². The van der Waals surface area contributed by atoms with E-state index in [1.165, 1.54) is 13.0 Å². The molecule has 0 saturated carbocycles. The summed E-state index contributed by atoms with van der Waals surface area (Å²) in [6.07, 6.45) is 5.76. The van der Waals surface area contributed by atoms with Crippen LogP contribution >= 0.6 is 0 Å². The predicted octanol–water partition coefficient (Wildman–Crippen LogP) is 0.359. The number of aliphatic hydroxyl groups excluding tert-OH is 1. The zero-order chi connectivity index (χ0) is 15.6. The second-order valence-electron chi connectivity index (χ2n) is 4.75. The van der Waals surface area contributed by atoms with Gasteiger partial charge in [0, 0.05) is 12.4 Å². The molecule has 0 aromatic carbocycles. The van der Waals surface area contributed by atoms with Gasteiger partial charge in [-0.05, 0) is 37.1 Å². The molecule has 7 nitrogen and oxygen atoms in total. The number of nitrogens with zero attached hydrogens (tertiary/aromatic N) is 1. The average Bonchev–Trinajstić information content (AvgIpc) is 2.97. The van der Waals surface area contributed by atoms with Gasteiger partial charge < -0.3 is 10.1 Å². The molecule has 0 bridgehead atoms. The molecule has 2 rings (SSSR count). The lowest BCUT2D eigenvalue weighted by molar-refractivity contribution is -0.118. The van der Waals surface area contributed by atoms with Crippen LogP contribution in [0.2, 0.25) is 0 Å². The average molecular weight is 311 g/mol. The third kappa shape index (κ3) is 3.34. The van der Waals surface area contributed by atoms with Gasteiger partial charge in [-0.15, -0.1) is 0 Å². The Balaban J connectivity index is 2.34. The molecule has 1 aromatic rings. The number of H-pyrrole nitrogens is 1. The fourth-order valence-electron chi connectivity index (χ4n) is 1.98. The van der Waals surface area contributed by atoms with Gasteiger partial charge >= 0.3 is 10.2 Å². The molecular formula is C13H17N3O4S. The molecule has 2 heterocycles. The molecule has 1 atom stereocenters. The number of aromatic nitrogens is 1. The SMILES string of the molecule is C/C(=C\C=C(/C(C)O)N1CC(=O)NS1(=O)=O)c1cc[nH]c1. The maximum Gasteiger partial charge on any atom is 0.326 e. The highest BCUT2D eigenvalue weighted by Crippen LogP contribution is 2.19. The molecule has 1 aromatic heterocycles. The van der Waals surface area contributed by atoms with E-state index in [-0.39, 0.29) is 12.2 Å². The van der Waals surface area contributed by atoms with Gasteiger partial charge in [0.25, 0.3) is 5.91 Å². The lowest BCUT2D eigenvalue weighted by Crippen LogP contribution is -2.33. The van der Waals surface area contributed by atoms with Gasteiger partial charge in [-0.3, -0.25) is 4.79 Å². The fourth-order valence-corrected chi connectivity index (χ4v) is 3.22. The Morgan fingerprint density at radius 2 is 2.19 bits per heavy atom. The van der Waals surface area contributed by atoms with E-state index in [2.05, 4.69) is 4.98 Å². The highest BCUT2D eigenvalue weighted by atomic mass is 32.2. The van der Waals surface area contributed by atoms with Crippen molar-refractivity contribution in [2.45, 2.75) is 20.0 Å². The first-order valence-corrected chi connectivity index (χ1v) is 7.78. The highest BCUT2D eigenvalue weighted by Gasteiger charge is 2.36. The van der Waals surface area contributed by atoms with Crippen LogP contribution in [0.5, 0.6) is 0 Å². The van der Waals surface area contributed by atoms with Crippen molar-refractivity contribution < 1.29 is 18.3 Å². The van der Waals surface area contributed by atoms with Crippen LogP contribution < -0.4 is 4.72 Å². The summed E-state index contributed by atoms with van der Waals surface area (Å²) in [5.41, 5.74) is 1.99. The minimum atomic E-state index is -3.91. The third-order valence-corrected chi connectivity index (χ3v) is 4.50. The van der Waals surface area contributed by atoms with Crippen LogP contribution in [0.25, 0.3) is 5.57 Å². The lowest BCUT2D eigenvalue weighted by Gasteiger charge is -2.20. The molecule has 0 radical (unpaired) electrons. The van der Waals surface area contributed by atoms with Gasteiger partial charge in [-0.25, -0.2) is 9.03 Å². The normalized spacial score (nSPS) is 20.5. The summed E-state index contributed by atoms with van der Waals surface area (Å²) in [4.78, 5) is 14.2. The number of rotatable bonds is 4. The van der Waals surface area contributed by atoms with Gasteiger partial charge in [-0.2, -0.15) is 8.42 Å². The minimum absolute atomic E-state index is 0.142. The maximum atomic E-state index is 11.8. The molecule has 21 heavy (non-hydrogen) atoms. The molecule has 1 amide bonds. The van der Waals surface area contributed by atoms with Crippen LogP contribution in [-0.2, 0) is 15.0 Å². The first-order valence-electron chi connectivity index (χ1n) is 6.34. The van der Waals surface area contributed by atoms with E-state index in [0.717, 1.165) is 15.4 Å². The number of aliphatic hydroxyl groups is 1. The third-order valence-electron chi connectivity index (χ3n) is 3.09. The summed E-state index contributed by atoms with van der Waals surface area (Å²) >= 11 is 0. The van der Waals surface area contributed by atoms with E-state index in [9.17, 15) is 18.3 Å². The molecule has 1 saturated heterocycles. The van der Waals surface area contributed by atoms with E-state index >= 15 is 0 Å². The zero-order valence-electron chi connectivity index (χ0n) is 11.7. The van der Waals surface area contributed by atoms with Crippen molar-refractivity contribution in [1.82, 2.24) is 14.0 Å². The molecule has 114 valence electrons. The molecule has 8 heteroatoms. The summed E-state index contributed by atoms with van der Waals surface area (Å²) in [6.45, 7) is 2.99. The van der Waals surface area contributed by atoms with Crippen molar-refractivity contribution in [3.05, 3.63) is 41.9 Å². The quantitative estimate of drug-likeness (QED) is 0.699. The van der Waals surface area contributed by atoms with E-state index in [1.54, 1.807) is 18.5 Å². The standard InChI is InChI=1S/C13H17N3O4S/c1-9(11-5-6-14-7-11)3-4-12(10(2)17)16-8-13(18)15-21(16,19)20/h3-7,10,14,17H,8H2,1-2H3,(H,15,18)/b9-3+,12-4+. The van der Waals surface area contributed by atoms with Crippen LogP contribution in [0.1, 0.15) is 19.4 Å². The second-order valence-corrected chi connectivity index (χ2v) is 6.35. The largest absolute Gasteiger partial charge is 0.387 e. The topological polar surface area (TPSA) is 102 Å². The van der Waals surface area contributed by atoms with Crippen LogP contribution in [0.3, 0.4) is 0 Å². The van der Waals surface area contributed by atoms with E-state index in [1.807, 2.05) is 17.7 Å². The molecular weight excluding hydrogens is 294 g/mol. The molecule has 1 fully saturated rings. The molecule has 1 aliphatic rings. The Morgan fingerprint density at radius 1 is 1.48 bits per heavy atom. The van der Waals surface area contributed by atoms with Gasteiger partial charge in [0.05, 0.1) is 11.8 Å². The zero-order valence-corrected chi connectivity index (χ0v) is 12.5.